The maximum atomic E-state index is 5.77. The van der Waals surface area contributed by atoms with Crippen molar-refractivity contribution < 1.29 is 4.74 Å². The summed E-state index contributed by atoms with van der Waals surface area (Å²) in [5.74, 6) is 0. The van der Waals surface area contributed by atoms with Crippen LogP contribution in [-0.2, 0) is 4.74 Å². The van der Waals surface area contributed by atoms with Crippen molar-refractivity contribution >= 4 is 17.3 Å². The molecule has 1 aromatic heterocycles. The monoisotopic (exact) mass is 214 g/mol. The minimum Gasteiger partial charge on any atom is -0.382 e. The first-order chi connectivity index (χ1) is 6.53. The molecule has 0 aliphatic rings. The van der Waals surface area contributed by atoms with Crippen LogP contribution in [-0.4, -0.2) is 24.2 Å². The van der Waals surface area contributed by atoms with Crippen molar-refractivity contribution in [3.63, 3.8) is 0 Å². The number of pyridine rings is 1. The number of halogens is 1. The van der Waals surface area contributed by atoms with E-state index in [1.165, 1.54) is 0 Å². The van der Waals surface area contributed by atoms with E-state index in [4.69, 9.17) is 16.3 Å². The largest absolute Gasteiger partial charge is 0.382 e. The van der Waals surface area contributed by atoms with Gasteiger partial charge in [0, 0.05) is 19.0 Å². The van der Waals surface area contributed by atoms with E-state index >= 15 is 0 Å². The average Bonchev–Trinajstić information content (AvgIpc) is 2.02. The highest BCUT2D eigenvalue weighted by molar-refractivity contribution is 6.29. The Morgan fingerprint density at radius 3 is 2.86 bits per heavy atom. The normalized spacial score (nSPS) is 11.4. The molecule has 0 bridgehead atoms. The van der Waals surface area contributed by atoms with Crippen LogP contribution in [0, 0.1) is 0 Å². The number of methoxy groups -OCH3 is 1. The van der Waals surface area contributed by atoms with E-state index in [0.717, 1.165) is 5.69 Å². The summed E-state index contributed by atoms with van der Waals surface area (Å²) in [5.41, 5.74) is 0.839. The highest BCUT2D eigenvalue weighted by atomic mass is 35.5. The number of nitrogens with one attached hydrogen (secondary N) is 1. The highest BCUT2D eigenvalue weighted by Gasteiger charge is 2.16. The van der Waals surface area contributed by atoms with E-state index in [-0.39, 0.29) is 5.54 Å². The van der Waals surface area contributed by atoms with Crippen LogP contribution in [0.2, 0.25) is 5.15 Å². The lowest BCUT2D eigenvalue weighted by Crippen LogP contribution is -2.35. The van der Waals surface area contributed by atoms with Crippen molar-refractivity contribution in [2.45, 2.75) is 19.4 Å². The molecule has 78 valence electrons. The molecule has 0 aromatic carbocycles. The van der Waals surface area contributed by atoms with Gasteiger partial charge in [0.05, 0.1) is 12.1 Å². The van der Waals surface area contributed by atoms with Crippen molar-refractivity contribution in [3.05, 3.63) is 23.5 Å². The second kappa shape index (κ2) is 4.62. The summed E-state index contributed by atoms with van der Waals surface area (Å²) in [6.07, 6.45) is 1.67. The van der Waals surface area contributed by atoms with Crippen molar-refractivity contribution in [2.24, 2.45) is 0 Å². The topological polar surface area (TPSA) is 34.1 Å². The molecule has 0 unspecified atom stereocenters. The number of hydrogen-bond donors (Lipinski definition) is 1. The Hall–Kier alpha value is -0.800. The van der Waals surface area contributed by atoms with Crippen LogP contribution in [0.15, 0.2) is 18.3 Å². The van der Waals surface area contributed by atoms with E-state index in [9.17, 15) is 0 Å². The molecule has 1 aromatic rings. The fourth-order valence-electron chi connectivity index (χ4n) is 1.27. The SMILES string of the molecule is COCC(C)(C)Nc1ccnc(Cl)c1. The van der Waals surface area contributed by atoms with Gasteiger partial charge in [0.1, 0.15) is 5.15 Å². The van der Waals surface area contributed by atoms with Crippen molar-refractivity contribution in [1.29, 1.82) is 0 Å². The van der Waals surface area contributed by atoms with Crippen LogP contribution in [0.1, 0.15) is 13.8 Å². The van der Waals surface area contributed by atoms with Gasteiger partial charge >= 0.3 is 0 Å². The van der Waals surface area contributed by atoms with Crippen LogP contribution in [0.25, 0.3) is 0 Å². The number of anilines is 1. The second-order valence-electron chi connectivity index (χ2n) is 3.81. The molecular formula is C10H15ClN2O. The fourth-order valence-corrected chi connectivity index (χ4v) is 1.44. The zero-order valence-corrected chi connectivity index (χ0v) is 9.43. The lowest BCUT2D eigenvalue weighted by molar-refractivity contribution is 0.158. The highest BCUT2D eigenvalue weighted by Crippen LogP contribution is 2.17. The molecule has 1 rings (SSSR count). The molecule has 1 N–H and O–H groups in total. The smallest absolute Gasteiger partial charge is 0.131 e. The Balaban J connectivity index is 2.68. The predicted octanol–water partition coefficient (Wildman–Crippen LogP) is 2.57. The van der Waals surface area contributed by atoms with Gasteiger partial charge in [0.15, 0.2) is 0 Å². The Bertz CT molecular complexity index is 302. The summed E-state index contributed by atoms with van der Waals surface area (Å²) in [4.78, 5) is 3.91. The molecule has 0 radical (unpaired) electrons. The average molecular weight is 215 g/mol. The van der Waals surface area contributed by atoms with Crippen LogP contribution in [0.5, 0.6) is 0 Å². The molecule has 0 fully saturated rings. The van der Waals surface area contributed by atoms with Crippen molar-refractivity contribution in [1.82, 2.24) is 4.98 Å². The van der Waals surface area contributed by atoms with E-state index in [2.05, 4.69) is 24.1 Å². The predicted molar refractivity (Wildman–Crippen MR) is 58.8 cm³/mol. The molecule has 0 saturated carbocycles. The van der Waals surface area contributed by atoms with Gasteiger partial charge in [-0.2, -0.15) is 0 Å². The molecule has 3 nitrogen and oxygen atoms in total. The van der Waals surface area contributed by atoms with Gasteiger partial charge < -0.3 is 10.1 Å². The van der Waals surface area contributed by atoms with E-state index in [1.807, 2.05) is 6.07 Å². The molecule has 0 amide bonds. The lowest BCUT2D eigenvalue weighted by atomic mass is 10.1. The Morgan fingerprint density at radius 1 is 1.57 bits per heavy atom. The van der Waals surface area contributed by atoms with E-state index in [1.54, 1.807) is 19.4 Å². The fraction of sp³-hybridized carbons (Fsp3) is 0.500. The van der Waals surface area contributed by atoms with Gasteiger partial charge in [0.2, 0.25) is 0 Å². The summed E-state index contributed by atoms with van der Waals surface area (Å²) >= 11 is 5.77. The van der Waals surface area contributed by atoms with Gasteiger partial charge in [-0.25, -0.2) is 4.98 Å². The first-order valence-corrected chi connectivity index (χ1v) is 4.80. The number of rotatable bonds is 4. The molecule has 0 saturated heterocycles. The first-order valence-electron chi connectivity index (χ1n) is 4.42. The maximum Gasteiger partial charge on any atom is 0.131 e. The van der Waals surface area contributed by atoms with Crippen LogP contribution in [0.3, 0.4) is 0 Å². The summed E-state index contributed by atoms with van der Waals surface area (Å²) < 4.78 is 5.10. The van der Waals surface area contributed by atoms with Gasteiger partial charge in [-0.3, -0.25) is 0 Å². The third-order valence-corrected chi connectivity index (χ3v) is 1.92. The van der Waals surface area contributed by atoms with Gasteiger partial charge in [-0.15, -0.1) is 0 Å². The minimum atomic E-state index is -0.112. The Morgan fingerprint density at radius 2 is 2.29 bits per heavy atom. The zero-order valence-electron chi connectivity index (χ0n) is 8.67. The second-order valence-corrected chi connectivity index (χ2v) is 4.20. The first kappa shape index (κ1) is 11.3. The Labute approximate surface area is 89.4 Å². The molecule has 0 atom stereocenters. The number of hydrogen-bond acceptors (Lipinski definition) is 3. The maximum absolute atomic E-state index is 5.77. The van der Waals surface area contributed by atoms with Crippen molar-refractivity contribution in [3.8, 4) is 0 Å². The third-order valence-electron chi connectivity index (χ3n) is 1.71. The number of nitrogens with zero attached hydrogens (tertiary/aromatic N) is 1. The standard InChI is InChI=1S/C10H15ClN2O/c1-10(2,7-14-3)13-8-4-5-12-9(11)6-8/h4-6H,7H2,1-3H3,(H,12,13). The summed E-state index contributed by atoms with van der Waals surface area (Å²) in [5, 5.41) is 3.80. The van der Waals surface area contributed by atoms with Gasteiger partial charge in [0.25, 0.3) is 0 Å². The quantitative estimate of drug-likeness (QED) is 0.783. The van der Waals surface area contributed by atoms with Gasteiger partial charge in [-0.1, -0.05) is 11.6 Å². The molecular weight excluding hydrogens is 200 g/mol. The summed E-state index contributed by atoms with van der Waals surface area (Å²) in [6.45, 7) is 4.75. The lowest BCUT2D eigenvalue weighted by Gasteiger charge is -2.26. The van der Waals surface area contributed by atoms with Crippen LogP contribution >= 0.6 is 11.6 Å². The third kappa shape index (κ3) is 3.52. The summed E-state index contributed by atoms with van der Waals surface area (Å²) in [6, 6.07) is 3.67. The molecule has 1 heterocycles. The molecule has 4 heteroatoms. The van der Waals surface area contributed by atoms with Crippen LogP contribution in [0.4, 0.5) is 5.69 Å². The van der Waals surface area contributed by atoms with Crippen LogP contribution < -0.4 is 5.32 Å². The number of aromatic nitrogens is 1. The summed E-state index contributed by atoms with van der Waals surface area (Å²) in [7, 11) is 1.68. The minimum absolute atomic E-state index is 0.112. The van der Waals surface area contributed by atoms with E-state index < -0.39 is 0 Å². The molecule has 0 spiro atoms. The Kier molecular flexibility index (Phi) is 3.72. The molecule has 0 aliphatic heterocycles. The van der Waals surface area contributed by atoms with Gasteiger partial charge in [-0.05, 0) is 26.0 Å². The zero-order chi connectivity index (χ0) is 10.6. The molecule has 0 aliphatic carbocycles. The van der Waals surface area contributed by atoms with Crippen molar-refractivity contribution in [2.75, 3.05) is 19.0 Å². The number of ether oxygens (including phenoxy) is 1. The molecule has 14 heavy (non-hydrogen) atoms. The van der Waals surface area contributed by atoms with E-state index in [0.29, 0.717) is 11.8 Å².